The predicted molar refractivity (Wildman–Crippen MR) is 77.5 cm³/mol. The highest BCUT2D eigenvalue weighted by Gasteiger charge is 2.15. The van der Waals surface area contributed by atoms with Gasteiger partial charge in [0.25, 0.3) is 5.69 Å². The highest BCUT2D eigenvalue weighted by molar-refractivity contribution is 5.59. The quantitative estimate of drug-likeness (QED) is 0.500. The Bertz CT molecular complexity index is 438. The third kappa shape index (κ3) is 3.69. The number of nitro benzene ring substituents is 1. The topological polar surface area (TPSA) is 55.2 Å². The molecule has 1 aliphatic carbocycles. The van der Waals surface area contributed by atoms with E-state index in [-0.39, 0.29) is 10.6 Å². The van der Waals surface area contributed by atoms with Crippen LogP contribution in [0.5, 0.6) is 0 Å². The Labute approximate surface area is 114 Å². The van der Waals surface area contributed by atoms with Gasteiger partial charge in [0.15, 0.2) is 0 Å². The van der Waals surface area contributed by atoms with E-state index in [1.807, 2.05) is 13.0 Å². The zero-order valence-electron chi connectivity index (χ0n) is 11.5. The van der Waals surface area contributed by atoms with E-state index >= 15 is 0 Å². The number of nitrogens with one attached hydrogen (secondary N) is 1. The van der Waals surface area contributed by atoms with Gasteiger partial charge in [-0.15, -0.1) is 0 Å². The molecule has 1 fully saturated rings. The Morgan fingerprint density at radius 2 is 1.95 bits per heavy atom. The fourth-order valence-electron chi connectivity index (χ4n) is 2.84. The summed E-state index contributed by atoms with van der Waals surface area (Å²) in [7, 11) is 0. The van der Waals surface area contributed by atoms with Gasteiger partial charge in [-0.2, -0.15) is 0 Å². The molecular formula is C15H22N2O2. The van der Waals surface area contributed by atoms with Crippen molar-refractivity contribution in [2.75, 3.05) is 11.9 Å². The first kappa shape index (κ1) is 13.8. The molecule has 0 unspecified atom stereocenters. The van der Waals surface area contributed by atoms with Crippen molar-refractivity contribution in [3.05, 3.63) is 33.9 Å². The van der Waals surface area contributed by atoms with E-state index < -0.39 is 0 Å². The van der Waals surface area contributed by atoms with E-state index in [0.29, 0.717) is 5.92 Å². The number of nitro groups is 1. The molecule has 1 saturated carbocycles. The Morgan fingerprint density at radius 1 is 1.26 bits per heavy atom. The van der Waals surface area contributed by atoms with Crippen molar-refractivity contribution in [1.29, 1.82) is 0 Å². The Balaban J connectivity index is 1.99. The standard InChI is InChI=1S/C15H22N2O2/c1-12-14(9-6-10-15(12)17(18)19)16-11-13-7-4-2-3-5-8-13/h6,9-10,13,16H,2-5,7-8,11H2,1H3. The first-order chi connectivity index (χ1) is 9.18. The molecular weight excluding hydrogens is 240 g/mol. The predicted octanol–water partition coefficient (Wildman–Crippen LogP) is 4.29. The second-order valence-corrected chi connectivity index (χ2v) is 5.45. The lowest BCUT2D eigenvalue weighted by molar-refractivity contribution is -0.385. The zero-order valence-corrected chi connectivity index (χ0v) is 11.5. The molecule has 1 aliphatic rings. The molecule has 0 saturated heterocycles. The maximum atomic E-state index is 10.9. The first-order valence-corrected chi connectivity index (χ1v) is 7.16. The minimum absolute atomic E-state index is 0.200. The monoisotopic (exact) mass is 262 g/mol. The summed E-state index contributed by atoms with van der Waals surface area (Å²) in [5.41, 5.74) is 1.84. The third-order valence-corrected chi connectivity index (χ3v) is 4.06. The normalized spacial score (nSPS) is 16.9. The van der Waals surface area contributed by atoms with Gasteiger partial charge in [0, 0.05) is 23.9 Å². The van der Waals surface area contributed by atoms with E-state index in [0.717, 1.165) is 17.8 Å². The van der Waals surface area contributed by atoms with Crippen molar-refractivity contribution >= 4 is 11.4 Å². The van der Waals surface area contributed by atoms with Gasteiger partial charge in [0.05, 0.1) is 4.92 Å². The van der Waals surface area contributed by atoms with E-state index in [1.165, 1.54) is 38.5 Å². The summed E-state index contributed by atoms with van der Waals surface area (Å²) >= 11 is 0. The van der Waals surface area contributed by atoms with Crippen LogP contribution in [-0.4, -0.2) is 11.5 Å². The average Bonchev–Trinajstić information content (AvgIpc) is 2.66. The highest BCUT2D eigenvalue weighted by Crippen LogP contribution is 2.27. The number of anilines is 1. The van der Waals surface area contributed by atoms with E-state index in [9.17, 15) is 10.1 Å². The number of nitrogens with zero attached hydrogens (tertiary/aromatic N) is 1. The van der Waals surface area contributed by atoms with Crippen LogP contribution in [-0.2, 0) is 0 Å². The van der Waals surface area contributed by atoms with Crippen LogP contribution in [0.1, 0.15) is 44.1 Å². The molecule has 0 radical (unpaired) electrons. The number of benzene rings is 1. The molecule has 0 bridgehead atoms. The van der Waals surface area contributed by atoms with Gasteiger partial charge in [0.1, 0.15) is 0 Å². The first-order valence-electron chi connectivity index (χ1n) is 7.16. The molecule has 0 aromatic heterocycles. The molecule has 1 aromatic rings. The summed E-state index contributed by atoms with van der Waals surface area (Å²) in [4.78, 5) is 10.6. The summed E-state index contributed by atoms with van der Waals surface area (Å²) in [6, 6.07) is 5.24. The van der Waals surface area contributed by atoms with Gasteiger partial charge in [-0.3, -0.25) is 10.1 Å². The van der Waals surface area contributed by atoms with Crippen LogP contribution >= 0.6 is 0 Å². The molecule has 0 aliphatic heterocycles. The minimum atomic E-state index is -0.313. The van der Waals surface area contributed by atoms with Crippen LogP contribution in [0.4, 0.5) is 11.4 Å². The summed E-state index contributed by atoms with van der Waals surface area (Å²) in [5, 5.41) is 14.3. The molecule has 4 nitrogen and oxygen atoms in total. The summed E-state index contributed by atoms with van der Waals surface area (Å²) in [6.07, 6.45) is 7.90. The van der Waals surface area contributed by atoms with Crippen LogP contribution in [0.3, 0.4) is 0 Å². The van der Waals surface area contributed by atoms with Gasteiger partial charge < -0.3 is 5.32 Å². The number of rotatable bonds is 4. The van der Waals surface area contributed by atoms with Gasteiger partial charge >= 0.3 is 0 Å². The number of hydrogen-bond acceptors (Lipinski definition) is 3. The molecule has 1 aromatic carbocycles. The van der Waals surface area contributed by atoms with Gasteiger partial charge in [-0.1, -0.05) is 31.7 Å². The second kappa shape index (κ2) is 6.55. The SMILES string of the molecule is Cc1c(NCC2CCCCCC2)cccc1[N+](=O)[O-]. The highest BCUT2D eigenvalue weighted by atomic mass is 16.6. The maximum absolute atomic E-state index is 10.9. The van der Waals surface area contributed by atoms with Gasteiger partial charge in [0.2, 0.25) is 0 Å². The fraction of sp³-hybridized carbons (Fsp3) is 0.600. The van der Waals surface area contributed by atoms with Crippen LogP contribution < -0.4 is 5.32 Å². The number of hydrogen-bond donors (Lipinski definition) is 1. The van der Waals surface area contributed by atoms with E-state index in [1.54, 1.807) is 12.1 Å². The van der Waals surface area contributed by atoms with Crippen LogP contribution in [0, 0.1) is 23.0 Å². The lowest BCUT2D eigenvalue weighted by Gasteiger charge is -2.16. The summed E-state index contributed by atoms with van der Waals surface area (Å²) in [6.45, 7) is 2.75. The Morgan fingerprint density at radius 3 is 2.58 bits per heavy atom. The molecule has 0 atom stereocenters. The zero-order chi connectivity index (χ0) is 13.7. The second-order valence-electron chi connectivity index (χ2n) is 5.45. The Hall–Kier alpha value is -1.58. The molecule has 0 amide bonds. The maximum Gasteiger partial charge on any atom is 0.274 e. The summed E-state index contributed by atoms with van der Waals surface area (Å²) in [5.74, 6) is 0.709. The minimum Gasteiger partial charge on any atom is -0.384 e. The van der Waals surface area contributed by atoms with E-state index in [2.05, 4.69) is 5.32 Å². The van der Waals surface area contributed by atoms with Crippen molar-refractivity contribution in [2.24, 2.45) is 5.92 Å². The molecule has 1 N–H and O–H groups in total. The lowest BCUT2D eigenvalue weighted by Crippen LogP contribution is -2.14. The van der Waals surface area contributed by atoms with E-state index in [4.69, 9.17) is 0 Å². The largest absolute Gasteiger partial charge is 0.384 e. The van der Waals surface area contributed by atoms with Crippen molar-refractivity contribution in [2.45, 2.75) is 45.4 Å². The smallest absolute Gasteiger partial charge is 0.274 e. The molecule has 2 rings (SSSR count). The molecule has 104 valence electrons. The summed E-state index contributed by atoms with van der Waals surface area (Å²) < 4.78 is 0. The molecule has 19 heavy (non-hydrogen) atoms. The Kier molecular flexibility index (Phi) is 4.77. The average molecular weight is 262 g/mol. The van der Waals surface area contributed by atoms with Crippen molar-refractivity contribution in [3.8, 4) is 0 Å². The van der Waals surface area contributed by atoms with Crippen molar-refractivity contribution < 1.29 is 4.92 Å². The van der Waals surface area contributed by atoms with Crippen LogP contribution in [0.25, 0.3) is 0 Å². The lowest BCUT2D eigenvalue weighted by atomic mass is 10.00. The van der Waals surface area contributed by atoms with Crippen LogP contribution in [0.2, 0.25) is 0 Å². The fourth-order valence-corrected chi connectivity index (χ4v) is 2.84. The van der Waals surface area contributed by atoms with Crippen molar-refractivity contribution in [1.82, 2.24) is 0 Å². The van der Waals surface area contributed by atoms with Gasteiger partial charge in [-0.25, -0.2) is 0 Å². The third-order valence-electron chi connectivity index (χ3n) is 4.06. The molecule has 0 heterocycles. The molecule has 4 heteroatoms. The molecule has 0 spiro atoms. The van der Waals surface area contributed by atoms with Crippen molar-refractivity contribution in [3.63, 3.8) is 0 Å². The van der Waals surface area contributed by atoms with Crippen LogP contribution in [0.15, 0.2) is 18.2 Å². The van der Waals surface area contributed by atoms with Gasteiger partial charge in [-0.05, 0) is 31.7 Å².